The lowest BCUT2D eigenvalue weighted by molar-refractivity contribution is 0.407. The summed E-state index contributed by atoms with van der Waals surface area (Å²) in [6, 6.07) is 0.634. The van der Waals surface area contributed by atoms with E-state index in [0.717, 1.165) is 6.54 Å². The number of likely N-dealkylation sites (tertiary alicyclic amines) is 1. The Hall–Kier alpha value is -0.220. The summed E-state index contributed by atoms with van der Waals surface area (Å²) in [4.78, 5) is 6.83. The van der Waals surface area contributed by atoms with E-state index in [1.54, 1.807) is 0 Å². The molecule has 0 spiro atoms. The van der Waals surface area contributed by atoms with Crippen LogP contribution in [0.3, 0.4) is 0 Å². The van der Waals surface area contributed by atoms with Crippen molar-refractivity contribution in [3.8, 4) is 0 Å². The SMILES string of the molecule is CN1CCC(NC2=NCCCS2)C1. The minimum Gasteiger partial charge on any atom is -0.361 e. The summed E-state index contributed by atoms with van der Waals surface area (Å²) < 4.78 is 0. The Morgan fingerprint density at radius 2 is 2.54 bits per heavy atom. The van der Waals surface area contributed by atoms with Crippen LogP contribution in [0.4, 0.5) is 0 Å². The van der Waals surface area contributed by atoms with Gasteiger partial charge >= 0.3 is 0 Å². The fourth-order valence-corrected chi connectivity index (χ4v) is 2.67. The van der Waals surface area contributed by atoms with Crippen molar-refractivity contribution in [2.24, 2.45) is 4.99 Å². The fourth-order valence-electron chi connectivity index (χ4n) is 1.77. The average molecular weight is 199 g/mol. The van der Waals surface area contributed by atoms with E-state index < -0.39 is 0 Å². The summed E-state index contributed by atoms with van der Waals surface area (Å²) in [5, 5.41) is 4.69. The third-order valence-corrected chi connectivity index (χ3v) is 3.53. The van der Waals surface area contributed by atoms with Crippen LogP contribution in [0.5, 0.6) is 0 Å². The molecule has 2 aliphatic rings. The number of hydrogen-bond acceptors (Lipinski definition) is 4. The van der Waals surface area contributed by atoms with Gasteiger partial charge in [0.15, 0.2) is 5.17 Å². The Bertz CT molecular complexity index is 205. The summed E-state index contributed by atoms with van der Waals surface area (Å²) in [7, 11) is 2.18. The first-order valence-electron chi connectivity index (χ1n) is 4.97. The number of thioether (sulfide) groups is 1. The number of hydrogen-bond donors (Lipinski definition) is 1. The number of likely N-dealkylation sites (N-methyl/N-ethyl adjacent to an activating group) is 1. The van der Waals surface area contributed by atoms with Gasteiger partial charge in [-0.3, -0.25) is 4.99 Å². The van der Waals surface area contributed by atoms with Crippen LogP contribution in [0.15, 0.2) is 4.99 Å². The highest BCUT2D eigenvalue weighted by Gasteiger charge is 2.20. The Morgan fingerprint density at radius 3 is 3.15 bits per heavy atom. The topological polar surface area (TPSA) is 27.6 Å². The van der Waals surface area contributed by atoms with Crippen molar-refractivity contribution in [3.05, 3.63) is 0 Å². The van der Waals surface area contributed by atoms with Crippen molar-refractivity contribution in [2.75, 3.05) is 32.4 Å². The van der Waals surface area contributed by atoms with Crippen LogP contribution in [0, 0.1) is 0 Å². The second-order valence-corrected chi connectivity index (χ2v) is 4.86. The van der Waals surface area contributed by atoms with Crippen LogP contribution in [0.1, 0.15) is 12.8 Å². The largest absolute Gasteiger partial charge is 0.361 e. The van der Waals surface area contributed by atoms with Crippen LogP contribution in [0.25, 0.3) is 0 Å². The predicted molar refractivity (Wildman–Crippen MR) is 58.4 cm³/mol. The normalized spacial score (nSPS) is 30.2. The van der Waals surface area contributed by atoms with E-state index >= 15 is 0 Å². The van der Waals surface area contributed by atoms with Crippen molar-refractivity contribution < 1.29 is 0 Å². The molecule has 4 heteroatoms. The monoisotopic (exact) mass is 199 g/mol. The van der Waals surface area contributed by atoms with Gasteiger partial charge in [-0.05, 0) is 26.4 Å². The number of amidine groups is 1. The number of rotatable bonds is 1. The zero-order valence-corrected chi connectivity index (χ0v) is 8.94. The zero-order chi connectivity index (χ0) is 9.10. The smallest absolute Gasteiger partial charge is 0.156 e. The molecule has 0 amide bonds. The molecule has 3 nitrogen and oxygen atoms in total. The molecule has 0 aliphatic carbocycles. The summed E-state index contributed by atoms with van der Waals surface area (Å²) in [5.41, 5.74) is 0. The van der Waals surface area contributed by atoms with Gasteiger partial charge in [0.05, 0.1) is 0 Å². The maximum Gasteiger partial charge on any atom is 0.156 e. The van der Waals surface area contributed by atoms with Crippen molar-refractivity contribution in [1.82, 2.24) is 10.2 Å². The minimum absolute atomic E-state index is 0.634. The molecule has 0 aromatic heterocycles. The van der Waals surface area contributed by atoms with E-state index in [0.29, 0.717) is 6.04 Å². The van der Waals surface area contributed by atoms with Gasteiger partial charge in [-0.25, -0.2) is 0 Å². The summed E-state index contributed by atoms with van der Waals surface area (Å²) in [6.07, 6.45) is 2.50. The van der Waals surface area contributed by atoms with Gasteiger partial charge in [-0.1, -0.05) is 11.8 Å². The second-order valence-electron chi connectivity index (χ2n) is 3.78. The van der Waals surface area contributed by atoms with Crippen LogP contribution >= 0.6 is 11.8 Å². The lowest BCUT2D eigenvalue weighted by Crippen LogP contribution is -2.36. The number of nitrogens with one attached hydrogen (secondary N) is 1. The van der Waals surface area contributed by atoms with E-state index in [1.165, 1.54) is 36.9 Å². The first-order chi connectivity index (χ1) is 6.34. The molecule has 2 heterocycles. The standard InChI is InChI=1S/C9H17N3S/c1-12-5-3-8(7-12)11-9-10-4-2-6-13-9/h8H,2-7H2,1H3,(H,10,11). The lowest BCUT2D eigenvalue weighted by Gasteiger charge is -2.18. The minimum atomic E-state index is 0.634. The van der Waals surface area contributed by atoms with E-state index in [4.69, 9.17) is 0 Å². The first-order valence-corrected chi connectivity index (χ1v) is 5.95. The van der Waals surface area contributed by atoms with Gasteiger partial charge in [-0.15, -0.1) is 0 Å². The highest BCUT2D eigenvalue weighted by atomic mass is 32.2. The lowest BCUT2D eigenvalue weighted by atomic mass is 10.3. The molecule has 0 saturated carbocycles. The molecule has 2 aliphatic heterocycles. The Balaban J connectivity index is 1.80. The van der Waals surface area contributed by atoms with Crippen molar-refractivity contribution in [1.29, 1.82) is 0 Å². The Kier molecular flexibility index (Phi) is 3.11. The van der Waals surface area contributed by atoms with Crippen LogP contribution in [-0.2, 0) is 0 Å². The molecule has 0 bridgehead atoms. The van der Waals surface area contributed by atoms with Crippen molar-refractivity contribution >= 4 is 16.9 Å². The molecule has 1 N–H and O–H groups in total. The molecule has 2 rings (SSSR count). The molecule has 13 heavy (non-hydrogen) atoms. The first kappa shape index (κ1) is 9.34. The molecule has 1 fully saturated rings. The van der Waals surface area contributed by atoms with Gasteiger partial charge in [0.1, 0.15) is 0 Å². The average Bonchev–Trinajstić information content (AvgIpc) is 2.53. The second kappa shape index (κ2) is 4.33. The Labute approximate surface area is 84.0 Å². The van der Waals surface area contributed by atoms with Gasteiger partial charge < -0.3 is 10.2 Å². The van der Waals surface area contributed by atoms with Gasteiger partial charge in [0.25, 0.3) is 0 Å². The number of aliphatic imine (C=N–C) groups is 1. The van der Waals surface area contributed by atoms with E-state index in [9.17, 15) is 0 Å². The predicted octanol–water partition coefficient (Wildman–Crippen LogP) is 0.773. The van der Waals surface area contributed by atoms with Crippen molar-refractivity contribution in [3.63, 3.8) is 0 Å². The molecule has 0 aromatic rings. The quantitative estimate of drug-likeness (QED) is 0.676. The highest BCUT2D eigenvalue weighted by Crippen LogP contribution is 2.13. The molecule has 74 valence electrons. The molecule has 1 atom stereocenters. The fraction of sp³-hybridized carbons (Fsp3) is 0.889. The maximum absolute atomic E-state index is 4.47. The van der Waals surface area contributed by atoms with E-state index in [-0.39, 0.29) is 0 Å². The zero-order valence-electron chi connectivity index (χ0n) is 8.12. The van der Waals surface area contributed by atoms with Gasteiger partial charge in [0.2, 0.25) is 0 Å². The van der Waals surface area contributed by atoms with Gasteiger partial charge in [0, 0.05) is 24.9 Å². The molecular formula is C9H17N3S. The van der Waals surface area contributed by atoms with Crippen LogP contribution in [0.2, 0.25) is 0 Å². The molecule has 1 saturated heterocycles. The summed E-state index contributed by atoms with van der Waals surface area (Å²) >= 11 is 1.87. The van der Waals surface area contributed by atoms with Crippen LogP contribution in [-0.4, -0.2) is 48.5 Å². The molecule has 0 radical (unpaired) electrons. The third-order valence-electron chi connectivity index (χ3n) is 2.52. The third kappa shape index (κ3) is 2.61. The van der Waals surface area contributed by atoms with E-state index in [2.05, 4.69) is 22.3 Å². The van der Waals surface area contributed by atoms with Gasteiger partial charge in [-0.2, -0.15) is 0 Å². The van der Waals surface area contributed by atoms with Crippen LogP contribution < -0.4 is 5.32 Å². The Morgan fingerprint density at radius 1 is 1.62 bits per heavy atom. The summed E-state index contributed by atoms with van der Waals surface area (Å²) in [6.45, 7) is 3.40. The van der Waals surface area contributed by atoms with E-state index in [1.807, 2.05) is 11.8 Å². The number of nitrogens with zero attached hydrogens (tertiary/aromatic N) is 2. The molecule has 0 aromatic carbocycles. The van der Waals surface area contributed by atoms with Crippen molar-refractivity contribution in [2.45, 2.75) is 18.9 Å². The highest BCUT2D eigenvalue weighted by molar-refractivity contribution is 8.13. The molecular weight excluding hydrogens is 182 g/mol. The molecule has 1 unspecified atom stereocenters. The maximum atomic E-state index is 4.47. The summed E-state index contributed by atoms with van der Waals surface area (Å²) in [5.74, 6) is 1.23.